The maximum atomic E-state index is 12.7. The average molecular weight is 398 g/mol. The van der Waals surface area contributed by atoms with Gasteiger partial charge in [-0.2, -0.15) is 11.8 Å². The molecule has 0 radical (unpaired) electrons. The fourth-order valence-electron chi connectivity index (χ4n) is 3.16. The third-order valence-electron chi connectivity index (χ3n) is 4.74. The summed E-state index contributed by atoms with van der Waals surface area (Å²) in [6.07, 6.45) is 0.355. The number of nitrogens with one attached hydrogen (secondary N) is 2. The van der Waals surface area contributed by atoms with Gasteiger partial charge in [-0.05, 0) is 29.9 Å². The third-order valence-corrected chi connectivity index (χ3v) is 5.93. The van der Waals surface area contributed by atoms with E-state index in [-0.39, 0.29) is 12.3 Å². The van der Waals surface area contributed by atoms with Crippen molar-refractivity contribution >= 4 is 29.5 Å². The van der Waals surface area contributed by atoms with Crippen LogP contribution in [-0.2, 0) is 9.59 Å². The first-order chi connectivity index (χ1) is 13.5. The standard InChI is InChI=1S/C21H22N2O4S/c24-18(23-21(20(26)27)11-12-28-14-21)13-17(15-7-3-1-4-8-15)22-19(25)16-9-5-2-6-10-16/h1-10,17H,11-14H2,(H,22,25)(H,23,24)(H,26,27). The number of carbonyl (C=O) groups excluding carboxylic acids is 2. The van der Waals surface area contributed by atoms with Gasteiger partial charge in [0.2, 0.25) is 5.91 Å². The Morgan fingerprint density at radius 3 is 2.25 bits per heavy atom. The Kier molecular flexibility index (Phi) is 6.36. The average Bonchev–Trinajstić information content (AvgIpc) is 3.18. The molecule has 0 bridgehead atoms. The van der Waals surface area contributed by atoms with E-state index in [9.17, 15) is 19.5 Å². The maximum Gasteiger partial charge on any atom is 0.330 e. The minimum Gasteiger partial charge on any atom is -0.479 e. The van der Waals surface area contributed by atoms with Crippen LogP contribution < -0.4 is 10.6 Å². The molecule has 1 fully saturated rings. The van der Waals surface area contributed by atoms with Crippen LogP contribution in [-0.4, -0.2) is 39.9 Å². The van der Waals surface area contributed by atoms with E-state index in [4.69, 9.17) is 0 Å². The van der Waals surface area contributed by atoms with Crippen molar-refractivity contribution in [2.45, 2.75) is 24.4 Å². The lowest BCUT2D eigenvalue weighted by Crippen LogP contribution is -2.55. The summed E-state index contributed by atoms with van der Waals surface area (Å²) in [5, 5.41) is 15.1. The molecule has 2 amide bonds. The summed E-state index contributed by atoms with van der Waals surface area (Å²) < 4.78 is 0. The topological polar surface area (TPSA) is 95.5 Å². The third kappa shape index (κ3) is 4.72. The first-order valence-corrected chi connectivity index (χ1v) is 10.2. The minimum atomic E-state index is -1.23. The summed E-state index contributed by atoms with van der Waals surface area (Å²) >= 11 is 1.51. The number of aliphatic carboxylic acids is 1. The highest BCUT2D eigenvalue weighted by molar-refractivity contribution is 7.99. The van der Waals surface area contributed by atoms with Crippen molar-refractivity contribution in [1.29, 1.82) is 0 Å². The molecule has 1 aliphatic heterocycles. The first-order valence-electron chi connectivity index (χ1n) is 9.03. The molecule has 1 aliphatic rings. The zero-order chi connectivity index (χ0) is 20.0. The second-order valence-electron chi connectivity index (χ2n) is 6.74. The summed E-state index contributed by atoms with van der Waals surface area (Å²) in [6, 6.07) is 17.4. The van der Waals surface area contributed by atoms with Crippen LogP contribution in [0.15, 0.2) is 60.7 Å². The molecule has 146 valence electrons. The summed E-state index contributed by atoms with van der Waals surface area (Å²) in [7, 11) is 0. The lowest BCUT2D eigenvalue weighted by atomic mass is 9.97. The van der Waals surface area contributed by atoms with Crippen LogP contribution in [0.5, 0.6) is 0 Å². The van der Waals surface area contributed by atoms with Crippen molar-refractivity contribution in [2.24, 2.45) is 0 Å². The van der Waals surface area contributed by atoms with Gasteiger partial charge < -0.3 is 15.7 Å². The number of thioether (sulfide) groups is 1. The number of carboxylic acid groups (broad SMARTS) is 1. The van der Waals surface area contributed by atoms with Crippen molar-refractivity contribution < 1.29 is 19.5 Å². The molecule has 2 atom stereocenters. The summed E-state index contributed by atoms with van der Waals surface area (Å²) in [5.41, 5.74) is 0.0528. The van der Waals surface area contributed by atoms with Crippen molar-refractivity contribution in [3.05, 3.63) is 71.8 Å². The van der Waals surface area contributed by atoms with Crippen molar-refractivity contribution in [3.63, 3.8) is 0 Å². The van der Waals surface area contributed by atoms with Crippen molar-refractivity contribution in [1.82, 2.24) is 10.6 Å². The van der Waals surface area contributed by atoms with Gasteiger partial charge in [0, 0.05) is 11.3 Å². The molecule has 7 heteroatoms. The van der Waals surface area contributed by atoms with Crippen LogP contribution in [0.4, 0.5) is 0 Å². The molecule has 2 unspecified atom stereocenters. The predicted octanol–water partition coefficient (Wildman–Crippen LogP) is 2.62. The van der Waals surface area contributed by atoms with Gasteiger partial charge >= 0.3 is 5.97 Å². The van der Waals surface area contributed by atoms with Gasteiger partial charge in [0.15, 0.2) is 0 Å². The molecule has 28 heavy (non-hydrogen) atoms. The largest absolute Gasteiger partial charge is 0.479 e. The van der Waals surface area contributed by atoms with E-state index < -0.39 is 23.5 Å². The smallest absolute Gasteiger partial charge is 0.330 e. The van der Waals surface area contributed by atoms with Crippen molar-refractivity contribution in [3.8, 4) is 0 Å². The SMILES string of the molecule is O=C(CC(NC(=O)c1ccccc1)c1ccccc1)NC1(C(=O)O)CCSC1. The second-order valence-corrected chi connectivity index (χ2v) is 7.85. The summed E-state index contributed by atoms with van der Waals surface area (Å²) in [5.74, 6) is -0.658. The first kappa shape index (κ1) is 19.9. The zero-order valence-corrected chi connectivity index (χ0v) is 16.1. The van der Waals surface area contributed by atoms with Crippen LogP contribution in [0.1, 0.15) is 34.8 Å². The van der Waals surface area contributed by atoms with E-state index in [1.165, 1.54) is 11.8 Å². The Morgan fingerprint density at radius 1 is 1.04 bits per heavy atom. The second kappa shape index (κ2) is 8.93. The predicted molar refractivity (Wildman–Crippen MR) is 108 cm³/mol. The molecule has 0 aliphatic carbocycles. The highest BCUT2D eigenvalue weighted by Gasteiger charge is 2.43. The van der Waals surface area contributed by atoms with E-state index in [1.54, 1.807) is 24.3 Å². The van der Waals surface area contributed by atoms with E-state index >= 15 is 0 Å². The Morgan fingerprint density at radius 2 is 1.68 bits per heavy atom. The van der Waals surface area contributed by atoms with Crippen LogP contribution in [0.25, 0.3) is 0 Å². The summed E-state index contributed by atoms with van der Waals surface area (Å²) in [4.78, 5) is 36.9. The maximum absolute atomic E-state index is 12.7. The normalized spacial score (nSPS) is 19.6. The molecule has 2 aromatic carbocycles. The molecule has 0 spiro atoms. The lowest BCUT2D eigenvalue weighted by Gasteiger charge is -2.26. The number of carboxylic acids is 1. The Bertz CT molecular complexity index is 836. The van der Waals surface area contributed by atoms with Crippen molar-refractivity contribution in [2.75, 3.05) is 11.5 Å². The fourth-order valence-corrected chi connectivity index (χ4v) is 4.48. The van der Waals surface area contributed by atoms with Gasteiger partial charge in [0.05, 0.1) is 12.5 Å². The highest BCUT2D eigenvalue weighted by Crippen LogP contribution is 2.29. The van der Waals surface area contributed by atoms with Gasteiger partial charge in [0.25, 0.3) is 5.91 Å². The number of benzene rings is 2. The van der Waals surface area contributed by atoms with E-state index in [0.717, 1.165) is 5.56 Å². The monoisotopic (exact) mass is 398 g/mol. The fraction of sp³-hybridized carbons (Fsp3) is 0.286. The van der Waals surface area contributed by atoms with E-state index in [1.807, 2.05) is 36.4 Å². The van der Waals surface area contributed by atoms with Gasteiger partial charge in [-0.3, -0.25) is 9.59 Å². The van der Waals surface area contributed by atoms with Gasteiger partial charge in [-0.1, -0.05) is 48.5 Å². The lowest BCUT2D eigenvalue weighted by molar-refractivity contribution is -0.146. The van der Waals surface area contributed by atoms with E-state index in [2.05, 4.69) is 10.6 Å². The van der Waals surface area contributed by atoms with Gasteiger partial charge in [0.1, 0.15) is 5.54 Å². The summed E-state index contributed by atoms with van der Waals surface area (Å²) in [6.45, 7) is 0. The molecule has 3 rings (SSSR count). The molecule has 2 aromatic rings. The highest BCUT2D eigenvalue weighted by atomic mass is 32.2. The van der Waals surface area contributed by atoms with Gasteiger partial charge in [-0.25, -0.2) is 4.79 Å². The van der Waals surface area contributed by atoms with Crippen LogP contribution >= 0.6 is 11.8 Å². The molecule has 0 aromatic heterocycles. The van der Waals surface area contributed by atoms with E-state index in [0.29, 0.717) is 23.5 Å². The molecule has 1 heterocycles. The Hall–Kier alpha value is -2.80. The van der Waals surface area contributed by atoms with Crippen LogP contribution in [0.2, 0.25) is 0 Å². The number of hydrogen-bond acceptors (Lipinski definition) is 4. The number of hydrogen-bond donors (Lipinski definition) is 3. The number of amides is 2. The molecular weight excluding hydrogens is 376 g/mol. The Balaban J connectivity index is 1.75. The molecule has 1 saturated heterocycles. The quantitative estimate of drug-likeness (QED) is 0.666. The molecule has 6 nitrogen and oxygen atoms in total. The number of rotatable bonds is 7. The minimum absolute atomic E-state index is 0.0394. The van der Waals surface area contributed by atoms with Gasteiger partial charge in [-0.15, -0.1) is 0 Å². The Labute approximate surface area is 167 Å². The molecule has 3 N–H and O–H groups in total. The zero-order valence-electron chi connectivity index (χ0n) is 15.3. The molecular formula is C21H22N2O4S. The van der Waals surface area contributed by atoms with Crippen LogP contribution in [0, 0.1) is 0 Å². The van der Waals surface area contributed by atoms with Crippen LogP contribution in [0.3, 0.4) is 0 Å². The molecule has 0 saturated carbocycles. The number of carbonyl (C=O) groups is 3.